The average Bonchev–Trinajstić information content (AvgIpc) is 2.63. The van der Waals surface area contributed by atoms with Crippen LogP contribution in [0.15, 0.2) is 52.4 Å². The minimum absolute atomic E-state index is 0.0189. The van der Waals surface area contributed by atoms with E-state index in [-0.39, 0.29) is 5.54 Å². The van der Waals surface area contributed by atoms with Crippen molar-refractivity contribution in [3.05, 3.63) is 53.6 Å². The topological polar surface area (TPSA) is 24.8 Å². The van der Waals surface area contributed by atoms with Gasteiger partial charge in [0.2, 0.25) is 0 Å². The molecule has 1 aliphatic rings. The van der Waals surface area contributed by atoms with Crippen molar-refractivity contribution in [1.29, 1.82) is 0 Å². The molecule has 0 atom stereocenters. The minimum Gasteiger partial charge on any atom is -0.496 e. The second-order valence-electron chi connectivity index (χ2n) is 7.08. The molecule has 0 bridgehead atoms. The molecule has 2 aromatic carbocycles. The molecule has 136 valence electrons. The van der Waals surface area contributed by atoms with Crippen LogP contribution in [0.5, 0.6) is 5.75 Å². The van der Waals surface area contributed by atoms with Gasteiger partial charge in [-0.05, 0) is 50.8 Å². The Bertz CT molecular complexity index is 884. The Balaban J connectivity index is 2.07. The van der Waals surface area contributed by atoms with E-state index >= 15 is 0 Å². The van der Waals surface area contributed by atoms with E-state index in [1.54, 1.807) is 18.9 Å². The monoisotopic (exact) mass is 366 g/mol. The van der Waals surface area contributed by atoms with Gasteiger partial charge in [-0.3, -0.25) is 4.99 Å². The van der Waals surface area contributed by atoms with Gasteiger partial charge in [-0.1, -0.05) is 18.2 Å². The molecule has 0 spiro atoms. The first-order valence-electron chi connectivity index (χ1n) is 8.70. The van der Waals surface area contributed by atoms with Crippen LogP contribution in [0, 0.1) is 0 Å². The van der Waals surface area contributed by atoms with Crippen LogP contribution in [0.3, 0.4) is 0 Å². The zero-order chi connectivity index (χ0) is 18.9. The van der Waals surface area contributed by atoms with Gasteiger partial charge >= 0.3 is 0 Å². The molecular formula is C22H26N2OS. The van der Waals surface area contributed by atoms with E-state index in [1.807, 2.05) is 24.4 Å². The Morgan fingerprint density at radius 2 is 1.92 bits per heavy atom. The van der Waals surface area contributed by atoms with Gasteiger partial charge in [0.25, 0.3) is 0 Å². The van der Waals surface area contributed by atoms with E-state index in [0.717, 1.165) is 17.0 Å². The molecule has 3 nitrogen and oxygen atoms in total. The number of hydrogen-bond acceptors (Lipinski definition) is 4. The number of likely N-dealkylation sites (N-methyl/N-ethyl adjacent to an activating group) is 1. The molecule has 0 radical (unpaired) electrons. The lowest BCUT2D eigenvalue weighted by atomic mass is 9.88. The van der Waals surface area contributed by atoms with Gasteiger partial charge in [0.05, 0.1) is 18.3 Å². The van der Waals surface area contributed by atoms with Crippen molar-refractivity contribution >= 4 is 34.9 Å². The summed E-state index contributed by atoms with van der Waals surface area (Å²) in [6.45, 7) is 6.62. The summed E-state index contributed by atoms with van der Waals surface area (Å²) < 4.78 is 5.67. The molecular weight excluding hydrogens is 340 g/mol. The smallest absolute Gasteiger partial charge is 0.129 e. The van der Waals surface area contributed by atoms with Crippen molar-refractivity contribution in [3.8, 4) is 5.75 Å². The number of methoxy groups -OCH3 is 1. The molecule has 0 unspecified atom stereocenters. The number of aliphatic imine (C=N–C) groups is 1. The summed E-state index contributed by atoms with van der Waals surface area (Å²) >= 11 is 1.70. The maximum atomic E-state index is 5.67. The number of thioether (sulfide) groups is 1. The molecule has 3 rings (SSSR count). The quantitative estimate of drug-likeness (QED) is 0.505. The molecule has 0 saturated carbocycles. The van der Waals surface area contributed by atoms with Crippen molar-refractivity contribution in [3.63, 3.8) is 0 Å². The van der Waals surface area contributed by atoms with E-state index in [0.29, 0.717) is 0 Å². The fraction of sp³-hybridized carbons (Fsp3) is 0.318. The van der Waals surface area contributed by atoms with Crippen molar-refractivity contribution in [2.75, 3.05) is 25.3 Å². The highest BCUT2D eigenvalue weighted by Crippen LogP contribution is 2.41. The predicted molar refractivity (Wildman–Crippen MR) is 115 cm³/mol. The summed E-state index contributed by atoms with van der Waals surface area (Å²) in [4.78, 5) is 8.18. The number of anilines is 1. The molecule has 0 amide bonds. The first kappa shape index (κ1) is 18.6. The van der Waals surface area contributed by atoms with Crippen LogP contribution < -0.4 is 9.64 Å². The third-order valence-electron chi connectivity index (χ3n) is 5.00. The van der Waals surface area contributed by atoms with E-state index in [2.05, 4.69) is 63.2 Å². The molecule has 2 aromatic rings. The summed E-state index contributed by atoms with van der Waals surface area (Å²) in [5.74, 6) is 0.839. The molecule has 0 saturated heterocycles. The number of fused-ring (bicyclic) bond motifs is 1. The summed E-state index contributed by atoms with van der Waals surface area (Å²) in [6.07, 6.45) is 6.28. The highest BCUT2D eigenvalue weighted by Gasteiger charge is 2.29. The fourth-order valence-electron chi connectivity index (χ4n) is 3.35. The van der Waals surface area contributed by atoms with Crippen LogP contribution in [0.2, 0.25) is 0 Å². The van der Waals surface area contributed by atoms with Gasteiger partial charge in [0.15, 0.2) is 0 Å². The number of para-hydroxylation sites is 1. The third kappa shape index (κ3) is 3.38. The van der Waals surface area contributed by atoms with Gasteiger partial charge in [0, 0.05) is 41.0 Å². The van der Waals surface area contributed by atoms with E-state index in [9.17, 15) is 0 Å². The summed E-state index contributed by atoms with van der Waals surface area (Å²) in [6, 6.07) is 12.5. The normalized spacial score (nSPS) is 15.8. The highest BCUT2D eigenvalue weighted by atomic mass is 32.2. The SMILES string of the molecule is COc1cc2c(cc1C=Nc1ccccc1SC)C(C)=CC(C)(C)N2C. The number of ether oxygens (including phenoxy) is 1. The summed E-state index contributed by atoms with van der Waals surface area (Å²) in [5, 5.41) is 0. The lowest BCUT2D eigenvalue weighted by Crippen LogP contribution is -2.42. The zero-order valence-corrected chi connectivity index (χ0v) is 17.1. The van der Waals surface area contributed by atoms with E-state index < -0.39 is 0 Å². The van der Waals surface area contributed by atoms with E-state index in [1.165, 1.54) is 21.7 Å². The number of allylic oxidation sites excluding steroid dienone is 1. The van der Waals surface area contributed by atoms with Crippen LogP contribution in [-0.2, 0) is 0 Å². The molecule has 26 heavy (non-hydrogen) atoms. The Labute approximate surface area is 160 Å². The maximum Gasteiger partial charge on any atom is 0.129 e. The largest absolute Gasteiger partial charge is 0.496 e. The van der Waals surface area contributed by atoms with Crippen LogP contribution >= 0.6 is 11.8 Å². The second-order valence-corrected chi connectivity index (χ2v) is 7.93. The lowest BCUT2D eigenvalue weighted by molar-refractivity contribution is 0.414. The van der Waals surface area contributed by atoms with Crippen molar-refractivity contribution in [2.45, 2.75) is 31.2 Å². The highest BCUT2D eigenvalue weighted by molar-refractivity contribution is 7.98. The van der Waals surface area contributed by atoms with E-state index in [4.69, 9.17) is 9.73 Å². The fourth-order valence-corrected chi connectivity index (χ4v) is 3.89. The van der Waals surface area contributed by atoms with Crippen LogP contribution in [0.1, 0.15) is 31.9 Å². The van der Waals surface area contributed by atoms with Crippen molar-refractivity contribution in [1.82, 2.24) is 0 Å². The molecule has 4 heteroatoms. The molecule has 0 fully saturated rings. The minimum atomic E-state index is -0.0189. The Hall–Kier alpha value is -2.20. The zero-order valence-electron chi connectivity index (χ0n) is 16.3. The van der Waals surface area contributed by atoms with Gasteiger partial charge in [-0.25, -0.2) is 0 Å². The van der Waals surface area contributed by atoms with Gasteiger partial charge in [-0.2, -0.15) is 0 Å². The molecule has 0 aliphatic carbocycles. The Kier molecular flexibility index (Phi) is 5.15. The van der Waals surface area contributed by atoms with Gasteiger partial charge < -0.3 is 9.64 Å². The average molecular weight is 367 g/mol. The van der Waals surface area contributed by atoms with Crippen molar-refractivity contribution < 1.29 is 4.74 Å². The summed E-state index contributed by atoms with van der Waals surface area (Å²) in [5.41, 5.74) is 5.65. The predicted octanol–water partition coefficient (Wildman–Crippen LogP) is 5.80. The van der Waals surface area contributed by atoms with Gasteiger partial charge in [0.1, 0.15) is 5.75 Å². The summed E-state index contributed by atoms with van der Waals surface area (Å²) in [7, 11) is 3.84. The molecule has 0 aromatic heterocycles. The second kappa shape index (κ2) is 7.20. The Morgan fingerprint density at radius 3 is 2.62 bits per heavy atom. The van der Waals surface area contributed by atoms with Gasteiger partial charge in [-0.15, -0.1) is 11.8 Å². The first-order chi connectivity index (χ1) is 12.4. The number of benzene rings is 2. The first-order valence-corrected chi connectivity index (χ1v) is 9.92. The molecule has 1 heterocycles. The van der Waals surface area contributed by atoms with Crippen LogP contribution in [-0.4, -0.2) is 32.2 Å². The third-order valence-corrected chi connectivity index (χ3v) is 5.78. The molecule has 1 aliphatic heterocycles. The van der Waals surface area contributed by atoms with Crippen molar-refractivity contribution in [2.24, 2.45) is 4.99 Å². The Morgan fingerprint density at radius 1 is 1.19 bits per heavy atom. The van der Waals surface area contributed by atoms with Crippen LogP contribution in [0.25, 0.3) is 5.57 Å². The number of nitrogens with zero attached hydrogens (tertiary/aromatic N) is 2. The number of rotatable bonds is 4. The number of hydrogen-bond donors (Lipinski definition) is 0. The molecule has 0 N–H and O–H groups in total. The lowest BCUT2D eigenvalue weighted by Gasteiger charge is -2.40. The maximum absolute atomic E-state index is 5.67. The van der Waals surface area contributed by atoms with Crippen LogP contribution in [0.4, 0.5) is 11.4 Å². The standard InChI is InChI=1S/C22H26N2OS/c1-15-13-22(2,3)24(4)19-12-20(25-5)16(11-17(15)19)14-23-18-9-7-8-10-21(18)26-6/h7-14H,1-6H3.